The minimum absolute atomic E-state index is 0.0115. The minimum Gasteiger partial charge on any atom is -0.460 e. The summed E-state index contributed by atoms with van der Waals surface area (Å²) in [5.41, 5.74) is 0. The molecule has 0 heterocycles. The van der Waals surface area contributed by atoms with Crippen LogP contribution in [0.1, 0.15) is 123 Å². The lowest BCUT2D eigenvalue weighted by Crippen LogP contribution is -2.64. The Morgan fingerprint density at radius 3 is 1.67 bits per heavy atom. The van der Waals surface area contributed by atoms with Gasteiger partial charge in [-0.15, -0.1) is 0 Å². The van der Waals surface area contributed by atoms with Crippen molar-refractivity contribution in [1.29, 1.82) is 0 Å². The van der Waals surface area contributed by atoms with Gasteiger partial charge < -0.3 is 45.2 Å². The van der Waals surface area contributed by atoms with E-state index >= 15 is 0 Å². The second-order valence-electron chi connectivity index (χ2n) is 12.4. The van der Waals surface area contributed by atoms with Crippen molar-refractivity contribution in [3.05, 3.63) is 0 Å². The number of phosphoric ester groups is 2. The number of amides is 1. The molecule has 0 aliphatic heterocycles. The Labute approximate surface area is 283 Å². The molecule has 8 atom stereocenters. The van der Waals surface area contributed by atoms with Crippen LogP contribution in [-0.4, -0.2) is 103 Å². The zero-order chi connectivity index (χ0) is 36.2. The van der Waals surface area contributed by atoms with Crippen molar-refractivity contribution in [3.63, 3.8) is 0 Å². The number of aliphatic hydroxyl groups is 4. The monoisotopic (exact) mass is 735 g/mol. The molecule has 16 nitrogen and oxygen atoms in total. The molecule has 0 saturated heterocycles. The highest BCUT2D eigenvalue weighted by atomic mass is 31.2. The van der Waals surface area contributed by atoms with Gasteiger partial charge in [-0.1, -0.05) is 90.9 Å². The summed E-state index contributed by atoms with van der Waals surface area (Å²) < 4.78 is 43.5. The molecule has 1 amide bonds. The highest BCUT2D eigenvalue weighted by molar-refractivity contribution is 7.47. The maximum atomic E-state index is 12.8. The van der Waals surface area contributed by atoms with Gasteiger partial charge in [0.05, 0.1) is 6.61 Å². The number of ether oxygens (including phenoxy) is 1. The first-order valence-electron chi connectivity index (χ1n) is 17.2. The minimum atomic E-state index is -5.33. The van der Waals surface area contributed by atoms with Crippen LogP contribution in [0, 0.1) is 0 Å². The fraction of sp³-hybridized carbons (Fsp3) is 0.933. The molecule has 48 heavy (non-hydrogen) atoms. The predicted molar refractivity (Wildman–Crippen MR) is 174 cm³/mol. The van der Waals surface area contributed by atoms with Crippen molar-refractivity contribution in [2.45, 2.75) is 166 Å². The standard InChI is InChI=1S/C30H59NO15P2/c1-3-5-6-7-8-9-10-11-12-13-14-15-16-18-24(33)44-22(19-20-31-23(32)17-4-2)21-43-48(41,42)46-30-27(36)25(34)26(35)29(28(30)37)45-47(38,39)40/h22,25-30,34-37H,3-21H2,1-2H3,(H,31,32)(H,41,42)(H2,38,39,40)/t22-,25+,26?,27?,28-,29-,30?/m1/s1. The predicted octanol–water partition coefficient (Wildman–Crippen LogP) is 3.12. The van der Waals surface area contributed by atoms with Gasteiger partial charge in [0, 0.05) is 25.8 Å². The first-order chi connectivity index (χ1) is 22.6. The maximum absolute atomic E-state index is 12.8. The van der Waals surface area contributed by atoms with Crippen molar-refractivity contribution in [2.24, 2.45) is 0 Å². The normalized spacial score (nSPS) is 24.9. The number of rotatable bonds is 27. The number of esters is 1. The number of aliphatic hydroxyl groups excluding tert-OH is 4. The average molecular weight is 736 g/mol. The van der Waals surface area contributed by atoms with Crippen molar-refractivity contribution < 1.29 is 72.1 Å². The third-order valence-electron chi connectivity index (χ3n) is 8.03. The highest BCUT2D eigenvalue weighted by Crippen LogP contribution is 2.49. The first kappa shape index (κ1) is 45.0. The Bertz CT molecular complexity index is 999. The fourth-order valence-electron chi connectivity index (χ4n) is 5.35. The van der Waals surface area contributed by atoms with Crippen LogP contribution >= 0.6 is 15.6 Å². The number of phosphoric acid groups is 2. The van der Waals surface area contributed by atoms with Gasteiger partial charge in [-0.2, -0.15) is 0 Å². The molecule has 18 heteroatoms. The van der Waals surface area contributed by atoms with Crippen LogP contribution in [0.15, 0.2) is 0 Å². The van der Waals surface area contributed by atoms with E-state index in [1.165, 1.54) is 51.4 Å². The molecule has 0 radical (unpaired) electrons. The van der Waals surface area contributed by atoms with Crippen molar-refractivity contribution in [3.8, 4) is 0 Å². The van der Waals surface area contributed by atoms with E-state index in [9.17, 15) is 44.0 Å². The molecular formula is C30H59NO15P2. The summed E-state index contributed by atoms with van der Waals surface area (Å²) in [4.78, 5) is 52.9. The summed E-state index contributed by atoms with van der Waals surface area (Å²) >= 11 is 0. The van der Waals surface area contributed by atoms with E-state index < -0.39 is 70.9 Å². The zero-order valence-corrected chi connectivity index (χ0v) is 30.1. The number of unbranched alkanes of at least 4 members (excludes halogenated alkanes) is 12. The molecule has 1 aliphatic rings. The molecule has 284 valence electrons. The number of nitrogens with one attached hydrogen (secondary N) is 1. The van der Waals surface area contributed by atoms with Gasteiger partial charge in [0.15, 0.2) is 0 Å². The molecule has 0 aromatic rings. The number of carbonyl (C=O) groups excluding carboxylic acids is 2. The van der Waals surface area contributed by atoms with Crippen LogP contribution in [-0.2, 0) is 37.0 Å². The van der Waals surface area contributed by atoms with Gasteiger partial charge >= 0.3 is 21.6 Å². The fourth-order valence-corrected chi connectivity index (χ4v) is 6.89. The molecule has 1 fully saturated rings. The van der Waals surface area contributed by atoms with Crippen LogP contribution < -0.4 is 5.32 Å². The Morgan fingerprint density at radius 2 is 1.17 bits per heavy atom. The van der Waals surface area contributed by atoms with E-state index in [0.717, 1.165) is 25.7 Å². The second kappa shape index (κ2) is 24.2. The molecule has 8 N–H and O–H groups in total. The Hall–Kier alpha value is -1.00. The number of carbonyl (C=O) groups is 2. The summed E-state index contributed by atoms with van der Waals surface area (Å²) in [6.07, 6.45) is 1.44. The van der Waals surface area contributed by atoms with Crippen molar-refractivity contribution in [1.82, 2.24) is 5.32 Å². The molecule has 1 aliphatic carbocycles. The van der Waals surface area contributed by atoms with Crippen molar-refractivity contribution in [2.75, 3.05) is 13.2 Å². The van der Waals surface area contributed by atoms with E-state index in [-0.39, 0.29) is 31.7 Å². The molecule has 1 saturated carbocycles. The van der Waals surface area contributed by atoms with E-state index in [1.807, 2.05) is 6.92 Å². The van der Waals surface area contributed by atoms with Gasteiger partial charge in [-0.25, -0.2) is 9.13 Å². The lowest BCUT2D eigenvalue weighted by Gasteiger charge is -2.43. The van der Waals surface area contributed by atoms with Gasteiger partial charge in [0.25, 0.3) is 0 Å². The molecule has 4 unspecified atom stereocenters. The largest absolute Gasteiger partial charge is 0.472 e. The molecule has 1 rings (SSSR count). The smallest absolute Gasteiger partial charge is 0.460 e. The first-order valence-corrected chi connectivity index (χ1v) is 20.2. The summed E-state index contributed by atoms with van der Waals surface area (Å²) in [6.45, 7) is 3.39. The second-order valence-corrected chi connectivity index (χ2v) is 14.9. The van der Waals surface area contributed by atoms with Gasteiger partial charge in [-0.3, -0.25) is 23.2 Å². The van der Waals surface area contributed by atoms with Crippen LogP contribution in [0.25, 0.3) is 0 Å². The maximum Gasteiger partial charge on any atom is 0.472 e. The van der Waals surface area contributed by atoms with Gasteiger partial charge in [-0.05, 0) is 12.8 Å². The van der Waals surface area contributed by atoms with Gasteiger partial charge in [0.2, 0.25) is 5.91 Å². The molecule has 0 spiro atoms. The number of hydrogen-bond acceptors (Lipinski definition) is 12. The summed E-state index contributed by atoms with van der Waals surface area (Å²) in [6, 6.07) is 0. The van der Waals surface area contributed by atoms with Crippen LogP contribution in [0.5, 0.6) is 0 Å². The van der Waals surface area contributed by atoms with Crippen LogP contribution in [0.2, 0.25) is 0 Å². The summed E-state index contributed by atoms with van der Waals surface area (Å²) in [5, 5.41) is 43.4. The SMILES string of the molecule is CCCCCCCCCCCCCCCC(=O)O[C@H](CCNC(=O)CCC)COP(=O)(O)OC1C(O)[C@@H](O)C(O)[C@@H](OP(=O)(O)O)[C@H]1O. The van der Waals surface area contributed by atoms with Crippen LogP contribution in [0.4, 0.5) is 0 Å². The average Bonchev–Trinajstić information content (AvgIpc) is 3.01. The number of hydrogen-bond donors (Lipinski definition) is 8. The Balaban J connectivity index is 2.61. The summed E-state index contributed by atoms with van der Waals surface area (Å²) in [7, 11) is -10.5. The van der Waals surface area contributed by atoms with E-state index in [0.29, 0.717) is 12.8 Å². The van der Waals surface area contributed by atoms with E-state index in [4.69, 9.17) is 23.6 Å². The van der Waals surface area contributed by atoms with E-state index in [2.05, 4.69) is 16.8 Å². The Morgan fingerprint density at radius 1 is 0.667 bits per heavy atom. The highest BCUT2D eigenvalue weighted by Gasteiger charge is 2.54. The molecule has 0 aromatic carbocycles. The zero-order valence-electron chi connectivity index (χ0n) is 28.3. The van der Waals surface area contributed by atoms with Crippen LogP contribution in [0.3, 0.4) is 0 Å². The third kappa shape index (κ3) is 19.4. The Kier molecular flexibility index (Phi) is 22.7. The third-order valence-corrected chi connectivity index (χ3v) is 9.54. The molecular weight excluding hydrogens is 676 g/mol. The van der Waals surface area contributed by atoms with Gasteiger partial charge in [0.1, 0.15) is 42.7 Å². The topological polar surface area (TPSA) is 259 Å². The molecule has 0 aromatic heterocycles. The summed E-state index contributed by atoms with van der Waals surface area (Å²) in [5.74, 6) is -0.812. The van der Waals surface area contributed by atoms with E-state index in [1.54, 1.807) is 0 Å². The lowest BCUT2D eigenvalue weighted by molar-refractivity contribution is -0.216. The molecule has 0 bridgehead atoms. The quantitative estimate of drug-likeness (QED) is 0.0342. The van der Waals surface area contributed by atoms with Crippen molar-refractivity contribution >= 4 is 27.5 Å². The lowest BCUT2D eigenvalue weighted by atomic mass is 9.85.